The quantitative estimate of drug-likeness (QED) is 0.0492. The number of halogens is 5. The molecular weight excluding hydrogens is 1060 g/mol. The molecule has 4 aromatic rings. The van der Waals surface area contributed by atoms with Gasteiger partial charge in [-0.1, -0.05) is 37.0 Å². The fraction of sp³-hybridized carbons (Fsp3) is 0.517. The molecule has 2 heterocycles. The summed E-state index contributed by atoms with van der Waals surface area (Å²) in [5, 5.41) is 0.589. The summed E-state index contributed by atoms with van der Waals surface area (Å²) in [6, 6.07) is 20.1. The molecule has 0 saturated carbocycles. The Labute approximate surface area is 461 Å². The SMILES string of the molecule is CCC(O[Si](C)(C)C)(c1cc(F)c(C(=O)c2ccc(Cl)cc2)c(C(=O)OC(C)(C)C)c1)C1CCOCC1.CCC(O[Si](C)(C)C)(c1cc(F)cc(C(=O)OC(C)(C)C)c1)C1CCOCC1.O=C(Cl)c1ccc(Cl)cc1. The third-order valence-electron chi connectivity index (χ3n) is 12.4. The van der Waals surface area contributed by atoms with Gasteiger partial charge in [0.2, 0.25) is 0 Å². The molecule has 2 unspecified atom stereocenters. The number of ether oxygens (including phenoxy) is 4. The molecule has 412 valence electrons. The lowest BCUT2D eigenvalue weighted by atomic mass is 9.74. The van der Waals surface area contributed by atoms with Crippen LogP contribution in [0, 0.1) is 23.5 Å². The van der Waals surface area contributed by atoms with Crippen LogP contribution in [0.4, 0.5) is 8.78 Å². The Morgan fingerprint density at radius 1 is 0.573 bits per heavy atom. The summed E-state index contributed by atoms with van der Waals surface area (Å²) in [7, 11) is -4.09. The first kappa shape index (κ1) is 63.7. The third kappa shape index (κ3) is 18.7. The number of ketones is 1. The van der Waals surface area contributed by atoms with Crippen molar-refractivity contribution in [1.82, 2.24) is 0 Å². The lowest BCUT2D eigenvalue weighted by Crippen LogP contribution is -2.47. The van der Waals surface area contributed by atoms with Crippen molar-refractivity contribution in [2.24, 2.45) is 11.8 Å². The standard InChI is InChI=1S/C29H38ClFO5Si.C22H35FO4Si.C7H4Cl2O/c1-8-29(36-37(5,6)7,20-13-15-34-16-14-20)21-17-23(27(33)35-28(2,3)4)25(24(31)18-21)26(32)19-9-11-22(30)12-10-19;1-8-22(27-28(5,6)7,17-9-11-25-12-10-17)18-13-16(14-19(23)15-18)20(24)26-21(2,3)4;8-6-3-1-5(2-4-6)7(9)10/h9-12,17-18,20H,8,13-16H2,1-7H3;13-15,17H,8-12H2,1-7H3;1-4H. The second-order valence-corrected chi connectivity index (χ2v) is 33.0. The van der Waals surface area contributed by atoms with Crippen LogP contribution in [0.15, 0.2) is 78.9 Å². The molecule has 75 heavy (non-hydrogen) atoms. The molecule has 0 spiro atoms. The predicted octanol–water partition coefficient (Wildman–Crippen LogP) is 15.9. The van der Waals surface area contributed by atoms with Crippen LogP contribution in [0.2, 0.25) is 49.3 Å². The zero-order valence-corrected chi connectivity index (χ0v) is 50.5. The minimum atomic E-state index is -2.13. The first-order chi connectivity index (χ1) is 34.7. The monoisotopic (exact) mass is 1130 g/mol. The molecule has 0 bridgehead atoms. The van der Waals surface area contributed by atoms with Crippen molar-refractivity contribution in [1.29, 1.82) is 0 Å². The second kappa shape index (κ2) is 26.7. The fourth-order valence-corrected chi connectivity index (χ4v) is 12.9. The highest BCUT2D eigenvalue weighted by Crippen LogP contribution is 2.47. The molecule has 17 heteroatoms. The minimum Gasteiger partial charge on any atom is -0.456 e. The van der Waals surface area contributed by atoms with E-state index in [9.17, 15) is 23.6 Å². The van der Waals surface area contributed by atoms with Gasteiger partial charge < -0.3 is 27.8 Å². The minimum absolute atomic E-state index is 0.0710. The lowest BCUT2D eigenvalue weighted by Gasteiger charge is -2.46. The molecule has 6 rings (SSSR count). The van der Waals surface area contributed by atoms with E-state index < -0.39 is 73.6 Å². The zero-order valence-electron chi connectivity index (χ0n) is 46.2. The molecule has 2 aliphatic heterocycles. The van der Waals surface area contributed by atoms with Crippen LogP contribution >= 0.6 is 34.8 Å². The van der Waals surface area contributed by atoms with Gasteiger partial charge in [0.1, 0.15) is 22.8 Å². The van der Waals surface area contributed by atoms with E-state index in [2.05, 4.69) is 46.2 Å². The van der Waals surface area contributed by atoms with Crippen LogP contribution in [0.1, 0.15) is 152 Å². The van der Waals surface area contributed by atoms with Crippen LogP contribution in [0.3, 0.4) is 0 Å². The van der Waals surface area contributed by atoms with Gasteiger partial charge in [0.15, 0.2) is 22.4 Å². The summed E-state index contributed by atoms with van der Waals surface area (Å²) >= 11 is 16.7. The van der Waals surface area contributed by atoms with E-state index in [0.29, 0.717) is 60.4 Å². The number of carbonyl (C=O) groups is 4. The average molecular weight is 1130 g/mol. The summed E-state index contributed by atoms with van der Waals surface area (Å²) in [5.41, 5.74) is -1.14. The van der Waals surface area contributed by atoms with Gasteiger partial charge in [-0.05, 0) is 233 Å². The first-order valence-electron chi connectivity index (χ1n) is 25.7. The molecule has 2 atom stereocenters. The van der Waals surface area contributed by atoms with E-state index in [1.165, 1.54) is 30.3 Å². The molecule has 0 radical (unpaired) electrons. The molecule has 0 N–H and O–H groups in total. The Kier molecular flexibility index (Phi) is 22.7. The van der Waals surface area contributed by atoms with Crippen LogP contribution in [-0.4, -0.2) is 77.2 Å². The van der Waals surface area contributed by atoms with Gasteiger partial charge in [0, 0.05) is 47.6 Å². The van der Waals surface area contributed by atoms with Crippen LogP contribution < -0.4 is 0 Å². The number of hydrogen-bond donors (Lipinski definition) is 0. The van der Waals surface area contributed by atoms with Crippen molar-refractivity contribution < 1.29 is 55.8 Å². The third-order valence-corrected chi connectivity index (χ3v) is 15.1. The molecule has 0 amide bonds. The predicted molar refractivity (Wildman–Crippen MR) is 300 cm³/mol. The Balaban J connectivity index is 0.000000280. The maximum absolute atomic E-state index is 16.1. The van der Waals surface area contributed by atoms with Gasteiger partial charge in [-0.25, -0.2) is 18.4 Å². The molecule has 2 aliphatic rings. The van der Waals surface area contributed by atoms with Gasteiger partial charge >= 0.3 is 11.9 Å². The highest BCUT2D eigenvalue weighted by Gasteiger charge is 2.46. The van der Waals surface area contributed by atoms with E-state index >= 15 is 4.39 Å². The molecule has 4 aromatic carbocycles. The topological polar surface area (TPSA) is 124 Å². The number of hydrogen-bond acceptors (Lipinski definition) is 10. The molecular formula is C58H77Cl3F2O10Si2. The van der Waals surface area contributed by atoms with Crippen molar-refractivity contribution in [3.63, 3.8) is 0 Å². The Morgan fingerprint density at radius 2 is 0.973 bits per heavy atom. The summed E-state index contributed by atoms with van der Waals surface area (Å²) in [4.78, 5) is 50.0. The van der Waals surface area contributed by atoms with E-state index in [0.717, 1.165) is 31.2 Å². The van der Waals surface area contributed by atoms with Crippen molar-refractivity contribution in [2.75, 3.05) is 26.4 Å². The molecule has 0 aliphatic carbocycles. The van der Waals surface area contributed by atoms with Crippen molar-refractivity contribution >= 4 is 74.4 Å². The lowest BCUT2D eigenvalue weighted by molar-refractivity contribution is -0.0602. The molecule has 2 saturated heterocycles. The molecule has 2 fully saturated rings. The van der Waals surface area contributed by atoms with Gasteiger partial charge in [-0.15, -0.1) is 0 Å². The van der Waals surface area contributed by atoms with E-state index in [1.807, 2.05) is 6.92 Å². The Hall–Kier alpha value is -3.84. The summed E-state index contributed by atoms with van der Waals surface area (Å²) in [6.45, 7) is 30.0. The van der Waals surface area contributed by atoms with E-state index in [-0.39, 0.29) is 34.1 Å². The average Bonchev–Trinajstić information content (AvgIpc) is 3.31. The maximum atomic E-state index is 16.1. The maximum Gasteiger partial charge on any atom is 0.339 e. The van der Waals surface area contributed by atoms with Gasteiger partial charge in [-0.2, -0.15) is 0 Å². The van der Waals surface area contributed by atoms with Crippen molar-refractivity contribution in [3.05, 3.63) is 139 Å². The van der Waals surface area contributed by atoms with Crippen LogP contribution in [0.25, 0.3) is 0 Å². The number of rotatable bonds is 15. The van der Waals surface area contributed by atoms with Crippen LogP contribution in [-0.2, 0) is 39.0 Å². The Bertz CT molecular complexity index is 2580. The first-order valence-corrected chi connectivity index (χ1v) is 33.6. The van der Waals surface area contributed by atoms with Crippen molar-refractivity contribution in [3.8, 4) is 0 Å². The van der Waals surface area contributed by atoms with E-state index in [4.69, 9.17) is 62.6 Å². The summed E-state index contributed by atoms with van der Waals surface area (Å²) in [6.07, 6.45) is 4.52. The Morgan fingerprint density at radius 3 is 1.36 bits per heavy atom. The van der Waals surface area contributed by atoms with Gasteiger partial charge in [0.05, 0.1) is 27.9 Å². The second-order valence-electron chi connectivity index (χ2n) is 22.9. The number of benzene rings is 4. The smallest absolute Gasteiger partial charge is 0.339 e. The van der Waals surface area contributed by atoms with E-state index in [1.54, 1.807) is 90.1 Å². The fourth-order valence-electron chi connectivity index (χ4n) is 9.50. The molecule has 0 aromatic heterocycles. The number of esters is 2. The molecule has 10 nitrogen and oxygen atoms in total. The van der Waals surface area contributed by atoms with Crippen molar-refractivity contribution in [2.45, 2.75) is 156 Å². The summed E-state index contributed by atoms with van der Waals surface area (Å²) < 4.78 is 66.6. The number of carbonyl (C=O) groups excluding carboxylic acids is 4. The highest BCUT2D eigenvalue weighted by atomic mass is 35.5. The zero-order chi connectivity index (χ0) is 56.3. The largest absolute Gasteiger partial charge is 0.456 e. The highest BCUT2D eigenvalue weighted by molar-refractivity contribution is 6.70. The van der Waals surface area contributed by atoms with Gasteiger partial charge in [-0.3, -0.25) is 9.59 Å². The summed E-state index contributed by atoms with van der Waals surface area (Å²) in [5.74, 6) is -2.81. The van der Waals surface area contributed by atoms with Gasteiger partial charge in [0.25, 0.3) is 5.24 Å². The normalized spacial score (nSPS) is 16.5. The van der Waals surface area contributed by atoms with Crippen LogP contribution in [0.5, 0.6) is 0 Å².